The van der Waals surface area contributed by atoms with Crippen LogP contribution in [0.4, 0.5) is 4.79 Å². The molecular formula is C17H35N3O2. The second kappa shape index (κ2) is 13.4. The third kappa shape index (κ3) is 10.5. The van der Waals surface area contributed by atoms with Crippen LogP contribution >= 0.6 is 0 Å². The number of unbranched alkanes of at least 4 members (excludes halogenated alkanes) is 4. The molecule has 0 bridgehead atoms. The van der Waals surface area contributed by atoms with Crippen molar-refractivity contribution in [2.45, 2.75) is 71.6 Å². The van der Waals surface area contributed by atoms with Gasteiger partial charge in [-0.3, -0.25) is 4.79 Å². The Bertz CT molecular complexity index is 308. The average Bonchev–Trinajstić information content (AvgIpc) is 2.50. The van der Waals surface area contributed by atoms with Crippen LogP contribution in [0.1, 0.15) is 71.6 Å². The van der Waals surface area contributed by atoms with Crippen LogP contribution in [-0.2, 0) is 4.79 Å². The number of rotatable bonds is 13. The minimum absolute atomic E-state index is 0.0651. The third-order valence-corrected chi connectivity index (χ3v) is 4.17. The van der Waals surface area contributed by atoms with Crippen LogP contribution < -0.4 is 16.4 Å². The van der Waals surface area contributed by atoms with Crippen molar-refractivity contribution >= 4 is 11.9 Å². The molecule has 0 spiro atoms. The Balaban J connectivity index is 4.45. The lowest BCUT2D eigenvalue weighted by Gasteiger charge is -2.22. The SMILES string of the molecule is CCCCCC(C[C@H](CCCCC)CNC(=O)NC)C(N)=O. The van der Waals surface area contributed by atoms with Gasteiger partial charge in [0.05, 0.1) is 0 Å². The molecule has 0 aromatic rings. The summed E-state index contributed by atoms with van der Waals surface area (Å²) in [7, 11) is 1.61. The van der Waals surface area contributed by atoms with Gasteiger partial charge in [-0.05, 0) is 25.2 Å². The van der Waals surface area contributed by atoms with Gasteiger partial charge in [0.25, 0.3) is 0 Å². The summed E-state index contributed by atoms with van der Waals surface area (Å²) >= 11 is 0. The number of urea groups is 1. The lowest BCUT2D eigenvalue weighted by Crippen LogP contribution is -2.37. The Labute approximate surface area is 135 Å². The van der Waals surface area contributed by atoms with Crippen LogP contribution in [0.5, 0.6) is 0 Å². The van der Waals surface area contributed by atoms with Gasteiger partial charge in [0.15, 0.2) is 0 Å². The predicted octanol–water partition coefficient (Wildman–Crippen LogP) is 3.18. The Kier molecular flexibility index (Phi) is 12.6. The van der Waals surface area contributed by atoms with Crippen molar-refractivity contribution in [1.82, 2.24) is 10.6 Å². The Morgan fingerprint density at radius 1 is 1.00 bits per heavy atom. The molecule has 0 aliphatic carbocycles. The van der Waals surface area contributed by atoms with E-state index in [1.807, 2.05) is 0 Å². The van der Waals surface area contributed by atoms with Gasteiger partial charge in [-0.1, -0.05) is 52.4 Å². The standard InChI is InChI=1S/C17H35N3O2/c1-4-6-8-10-14(13-20-17(22)19-3)12-15(16(18)21)11-9-7-5-2/h14-15H,4-13H2,1-3H3,(H2,18,21)(H2,19,20,22)/t14-,15?/m0/s1. The maximum absolute atomic E-state index is 11.7. The van der Waals surface area contributed by atoms with Crippen molar-refractivity contribution in [3.63, 3.8) is 0 Å². The first-order valence-electron chi connectivity index (χ1n) is 8.79. The van der Waals surface area contributed by atoms with Gasteiger partial charge < -0.3 is 16.4 Å². The molecule has 0 radical (unpaired) electrons. The molecule has 1 unspecified atom stereocenters. The molecule has 4 N–H and O–H groups in total. The molecule has 2 atom stereocenters. The van der Waals surface area contributed by atoms with E-state index in [1.165, 1.54) is 12.8 Å². The second-order valence-electron chi connectivity index (χ2n) is 6.15. The number of hydrogen-bond acceptors (Lipinski definition) is 2. The van der Waals surface area contributed by atoms with Crippen molar-refractivity contribution in [3.8, 4) is 0 Å². The topological polar surface area (TPSA) is 84.2 Å². The zero-order valence-electron chi connectivity index (χ0n) is 14.6. The summed E-state index contributed by atoms with van der Waals surface area (Å²) in [6.45, 7) is 4.94. The van der Waals surface area contributed by atoms with Gasteiger partial charge in [-0.2, -0.15) is 0 Å². The molecule has 5 nitrogen and oxygen atoms in total. The first-order valence-corrected chi connectivity index (χ1v) is 8.79. The first-order chi connectivity index (χ1) is 10.5. The lowest BCUT2D eigenvalue weighted by atomic mass is 9.86. The highest BCUT2D eigenvalue weighted by molar-refractivity contribution is 5.76. The fourth-order valence-corrected chi connectivity index (χ4v) is 2.73. The van der Waals surface area contributed by atoms with Crippen molar-refractivity contribution < 1.29 is 9.59 Å². The quantitative estimate of drug-likeness (QED) is 0.456. The molecule has 0 aliphatic rings. The first kappa shape index (κ1) is 20.7. The molecule has 0 fully saturated rings. The van der Waals surface area contributed by atoms with Crippen LogP contribution in [-0.4, -0.2) is 25.5 Å². The molecule has 130 valence electrons. The molecular weight excluding hydrogens is 278 g/mol. The van der Waals surface area contributed by atoms with E-state index in [2.05, 4.69) is 24.5 Å². The van der Waals surface area contributed by atoms with Crippen LogP contribution in [0.3, 0.4) is 0 Å². The highest BCUT2D eigenvalue weighted by atomic mass is 16.2. The van der Waals surface area contributed by atoms with Crippen molar-refractivity contribution in [2.75, 3.05) is 13.6 Å². The summed E-state index contributed by atoms with van der Waals surface area (Å²) < 4.78 is 0. The fraction of sp³-hybridized carbons (Fsp3) is 0.882. The van der Waals surface area contributed by atoms with Gasteiger partial charge in [-0.15, -0.1) is 0 Å². The Hall–Kier alpha value is -1.26. The smallest absolute Gasteiger partial charge is 0.314 e. The molecule has 0 aliphatic heterocycles. The number of primary amides is 1. The summed E-state index contributed by atoms with van der Waals surface area (Å²) in [5, 5.41) is 5.43. The number of amides is 3. The minimum Gasteiger partial charge on any atom is -0.369 e. The van der Waals surface area contributed by atoms with E-state index in [-0.39, 0.29) is 17.9 Å². The van der Waals surface area contributed by atoms with Gasteiger partial charge in [0.1, 0.15) is 0 Å². The maximum Gasteiger partial charge on any atom is 0.314 e. The predicted molar refractivity (Wildman–Crippen MR) is 91.5 cm³/mol. The molecule has 3 amide bonds. The summed E-state index contributed by atoms with van der Waals surface area (Å²) in [5.41, 5.74) is 5.57. The number of nitrogens with one attached hydrogen (secondary N) is 2. The van der Waals surface area contributed by atoms with Gasteiger partial charge in [0, 0.05) is 19.5 Å². The highest BCUT2D eigenvalue weighted by Gasteiger charge is 2.21. The van der Waals surface area contributed by atoms with Crippen molar-refractivity contribution in [3.05, 3.63) is 0 Å². The number of nitrogens with two attached hydrogens (primary N) is 1. The summed E-state index contributed by atoms with van der Waals surface area (Å²) in [4.78, 5) is 23.0. The van der Waals surface area contributed by atoms with Crippen molar-refractivity contribution in [1.29, 1.82) is 0 Å². The summed E-state index contributed by atoms with van der Waals surface area (Å²) in [6.07, 6.45) is 9.52. The molecule has 0 aromatic carbocycles. The zero-order valence-corrected chi connectivity index (χ0v) is 14.6. The van der Waals surface area contributed by atoms with Gasteiger partial charge in [0.2, 0.25) is 5.91 Å². The van der Waals surface area contributed by atoms with Gasteiger partial charge in [-0.25, -0.2) is 4.79 Å². The Morgan fingerprint density at radius 3 is 2.09 bits per heavy atom. The minimum atomic E-state index is -0.198. The summed E-state index contributed by atoms with van der Waals surface area (Å²) in [5.74, 6) is 0.0594. The number of hydrogen-bond donors (Lipinski definition) is 3. The lowest BCUT2D eigenvalue weighted by molar-refractivity contribution is -0.122. The summed E-state index contributed by atoms with van der Waals surface area (Å²) in [6, 6.07) is -0.165. The van der Waals surface area contributed by atoms with E-state index in [0.29, 0.717) is 12.5 Å². The number of carbonyl (C=O) groups is 2. The molecule has 0 saturated heterocycles. The van der Waals surface area contributed by atoms with E-state index in [9.17, 15) is 9.59 Å². The molecule has 0 rings (SSSR count). The monoisotopic (exact) mass is 313 g/mol. The Morgan fingerprint density at radius 2 is 1.59 bits per heavy atom. The zero-order chi connectivity index (χ0) is 16.8. The second-order valence-corrected chi connectivity index (χ2v) is 6.15. The maximum atomic E-state index is 11.7. The molecule has 0 heterocycles. The molecule has 22 heavy (non-hydrogen) atoms. The largest absolute Gasteiger partial charge is 0.369 e. The fourth-order valence-electron chi connectivity index (χ4n) is 2.73. The van der Waals surface area contributed by atoms with Crippen LogP contribution in [0.2, 0.25) is 0 Å². The van der Waals surface area contributed by atoms with Crippen molar-refractivity contribution in [2.24, 2.45) is 17.6 Å². The molecule has 5 heteroatoms. The molecule has 0 aromatic heterocycles. The van der Waals surface area contributed by atoms with E-state index in [0.717, 1.165) is 44.9 Å². The van der Waals surface area contributed by atoms with Crippen LogP contribution in [0.15, 0.2) is 0 Å². The normalized spacial score (nSPS) is 13.4. The third-order valence-electron chi connectivity index (χ3n) is 4.17. The van der Waals surface area contributed by atoms with E-state index >= 15 is 0 Å². The van der Waals surface area contributed by atoms with Gasteiger partial charge >= 0.3 is 6.03 Å². The van der Waals surface area contributed by atoms with E-state index in [4.69, 9.17) is 5.73 Å². The highest BCUT2D eigenvalue weighted by Crippen LogP contribution is 2.22. The van der Waals surface area contributed by atoms with Crippen LogP contribution in [0, 0.1) is 11.8 Å². The molecule has 0 saturated carbocycles. The van der Waals surface area contributed by atoms with E-state index in [1.54, 1.807) is 7.05 Å². The van der Waals surface area contributed by atoms with Crippen LogP contribution in [0.25, 0.3) is 0 Å². The average molecular weight is 313 g/mol. The van der Waals surface area contributed by atoms with E-state index < -0.39 is 0 Å². The number of carbonyl (C=O) groups excluding carboxylic acids is 2.